The van der Waals surface area contributed by atoms with E-state index < -0.39 is 0 Å². The van der Waals surface area contributed by atoms with Crippen LogP contribution in [0.3, 0.4) is 0 Å². The van der Waals surface area contributed by atoms with Gasteiger partial charge in [-0.05, 0) is 24.3 Å². The van der Waals surface area contributed by atoms with Crippen molar-refractivity contribution in [2.45, 2.75) is 0 Å². The molecule has 1 aliphatic rings. The van der Waals surface area contributed by atoms with Gasteiger partial charge in [-0.25, -0.2) is 4.98 Å². The third-order valence-electron chi connectivity index (χ3n) is 3.72. The van der Waals surface area contributed by atoms with Gasteiger partial charge in [-0.3, -0.25) is 4.79 Å². The fourth-order valence-electron chi connectivity index (χ4n) is 2.65. The molecule has 1 amide bonds. The van der Waals surface area contributed by atoms with Crippen LogP contribution in [0.15, 0.2) is 54.6 Å². The molecule has 0 aliphatic carbocycles. The number of aromatic nitrogens is 1. The van der Waals surface area contributed by atoms with Crippen LogP contribution in [0.2, 0.25) is 0 Å². The summed E-state index contributed by atoms with van der Waals surface area (Å²) in [7, 11) is 0. The molecule has 0 radical (unpaired) electrons. The van der Waals surface area contributed by atoms with Crippen LogP contribution >= 0.6 is 0 Å². The minimum atomic E-state index is -0.137. The number of amides is 1. The van der Waals surface area contributed by atoms with Gasteiger partial charge in [0.2, 0.25) is 0 Å². The number of pyridine rings is 1. The van der Waals surface area contributed by atoms with Crippen molar-refractivity contribution in [3.8, 4) is 5.75 Å². The maximum Gasteiger partial charge on any atom is 0.256 e. The molecule has 2 N–H and O–H groups in total. The molecule has 0 saturated heterocycles. The van der Waals surface area contributed by atoms with Crippen LogP contribution in [0.5, 0.6) is 5.75 Å². The first-order chi connectivity index (χ1) is 10.7. The lowest BCUT2D eigenvalue weighted by atomic mass is 10.1. The third-order valence-corrected chi connectivity index (χ3v) is 3.72. The Labute approximate surface area is 126 Å². The summed E-state index contributed by atoms with van der Waals surface area (Å²) in [5.74, 6) is -0.0491. The normalized spacial score (nSPS) is 15.1. The lowest BCUT2D eigenvalue weighted by molar-refractivity contribution is 0.0981. The van der Waals surface area contributed by atoms with E-state index in [1.165, 1.54) is 0 Å². The van der Waals surface area contributed by atoms with Crippen LogP contribution in [0, 0.1) is 0 Å². The van der Waals surface area contributed by atoms with E-state index >= 15 is 0 Å². The van der Waals surface area contributed by atoms with Crippen molar-refractivity contribution in [1.29, 1.82) is 0 Å². The Morgan fingerprint density at radius 1 is 1.00 bits per heavy atom. The minimum Gasteiger partial charge on any atom is -0.506 e. The number of nitrogens with zero attached hydrogens (tertiary/aromatic N) is 1. The summed E-state index contributed by atoms with van der Waals surface area (Å²) >= 11 is 0. The van der Waals surface area contributed by atoms with Gasteiger partial charge in [-0.1, -0.05) is 36.4 Å². The first-order valence-corrected chi connectivity index (χ1v) is 6.93. The molecule has 0 atom stereocenters. The molecule has 1 aromatic heterocycles. The van der Waals surface area contributed by atoms with Crippen molar-refractivity contribution in [2.75, 3.05) is 0 Å². The van der Waals surface area contributed by atoms with E-state index in [1.807, 2.05) is 42.5 Å². The number of benzene rings is 2. The second-order valence-corrected chi connectivity index (χ2v) is 5.14. The maximum absolute atomic E-state index is 11.9. The summed E-state index contributed by atoms with van der Waals surface area (Å²) in [4.78, 5) is 16.4. The Morgan fingerprint density at radius 2 is 1.73 bits per heavy atom. The summed E-state index contributed by atoms with van der Waals surface area (Å²) < 4.78 is 0. The van der Waals surface area contributed by atoms with Gasteiger partial charge in [0.1, 0.15) is 11.4 Å². The van der Waals surface area contributed by atoms with Crippen molar-refractivity contribution in [3.05, 3.63) is 71.4 Å². The van der Waals surface area contributed by atoms with Crippen LogP contribution in [0.4, 0.5) is 0 Å². The van der Waals surface area contributed by atoms with E-state index in [0.29, 0.717) is 17.0 Å². The van der Waals surface area contributed by atoms with Gasteiger partial charge in [-0.2, -0.15) is 0 Å². The third kappa shape index (κ3) is 1.93. The SMILES string of the molecule is O=C1N/C(=C\c2nc3ccccc3cc2O)c2ccccc21. The van der Waals surface area contributed by atoms with Crippen LogP contribution in [0.25, 0.3) is 22.7 Å². The summed E-state index contributed by atoms with van der Waals surface area (Å²) in [6.45, 7) is 0. The van der Waals surface area contributed by atoms with E-state index in [0.717, 1.165) is 16.5 Å². The molecule has 2 aromatic carbocycles. The zero-order valence-electron chi connectivity index (χ0n) is 11.6. The van der Waals surface area contributed by atoms with Gasteiger partial charge in [-0.15, -0.1) is 0 Å². The molecule has 0 unspecified atom stereocenters. The molecule has 3 aromatic rings. The second-order valence-electron chi connectivity index (χ2n) is 5.14. The first-order valence-electron chi connectivity index (χ1n) is 6.93. The summed E-state index contributed by atoms with van der Waals surface area (Å²) in [5.41, 5.74) is 3.34. The van der Waals surface area contributed by atoms with E-state index in [9.17, 15) is 9.90 Å². The molecule has 0 spiro atoms. The molecule has 1 aliphatic heterocycles. The molecule has 4 heteroatoms. The quantitative estimate of drug-likeness (QED) is 0.723. The standard InChI is InChI=1S/C18H12N2O2/c21-17-9-11-5-1-4-8-14(11)19-16(17)10-15-12-6-2-3-7-13(12)18(22)20-15/h1-10,21H,(H,20,22)/b15-10-. The van der Waals surface area contributed by atoms with Crippen molar-refractivity contribution >= 4 is 28.6 Å². The number of carbonyl (C=O) groups excluding carboxylic acids is 1. The van der Waals surface area contributed by atoms with E-state index in [2.05, 4.69) is 10.3 Å². The fourth-order valence-corrected chi connectivity index (χ4v) is 2.65. The Kier molecular flexibility index (Phi) is 2.69. The zero-order chi connectivity index (χ0) is 15.1. The molecule has 4 nitrogen and oxygen atoms in total. The number of aromatic hydroxyl groups is 1. The number of nitrogens with one attached hydrogen (secondary N) is 1. The number of para-hydroxylation sites is 1. The number of rotatable bonds is 1. The van der Waals surface area contributed by atoms with Gasteiger partial charge in [0.25, 0.3) is 5.91 Å². The average Bonchev–Trinajstić information content (AvgIpc) is 2.85. The van der Waals surface area contributed by atoms with Crippen molar-refractivity contribution in [1.82, 2.24) is 10.3 Å². The van der Waals surface area contributed by atoms with Gasteiger partial charge < -0.3 is 10.4 Å². The molecular weight excluding hydrogens is 276 g/mol. The van der Waals surface area contributed by atoms with Crippen molar-refractivity contribution in [3.63, 3.8) is 0 Å². The molecular formula is C18H12N2O2. The van der Waals surface area contributed by atoms with Crippen LogP contribution in [-0.4, -0.2) is 16.0 Å². The van der Waals surface area contributed by atoms with Gasteiger partial charge in [0, 0.05) is 16.5 Å². The highest BCUT2D eigenvalue weighted by Crippen LogP contribution is 2.29. The smallest absolute Gasteiger partial charge is 0.256 e. The minimum absolute atomic E-state index is 0.0878. The predicted octanol–water partition coefficient (Wildman–Crippen LogP) is 3.18. The average molecular weight is 288 g/mol. The van der Waals surface area contributed by atoms with Gasteiger partial charge in [0.05, 0.1) is 11.2 Å². The van der Waals surface area contributed by atoms with Gasteiger partial charge in [0.15, 0.2) is 0 Å². The number of hydrogen-bond donors (Lipinski definition) is 2. The highest BCUT2D eigenvalue weighted by Gasteiger charge is 2.23. The van der Waals surface area contributed by atoms with Crippen molar-refractivity contribution < 1.29 is 9.90 Å². The maximum atomic E-state index is 11.9. The Hall–Kier alpha value is -3.14. The topological polar surface area (TPSA) is 62.2 Å². The largest absolute Gasteiger partial charge is 0.506 e. The summed E-state index contributed by atoms with van der Waals surface area (Å²) in [5, 5.41) is 13.9. The van der Waals surface area contributed by atoms with Crippen LogP contribution in [0.1, 0.15) is 21.6 Å². The van der Waals surface area contributed by atoms with E-state index in [-0.39, 0.29) is 11.7 Å². The molecule has 2 heterocycles. The highest BCUT2D eigenvalue weighted by atomic mass is 16.3. The number of hydrogen-bond acceptors (Lipinski definition) is 3. The molecule has 22 heavy (non-hydrogen) atoms. The molecule has 0 saturated carbocycles. The Bertz CT molecular complexity index is 945. The van der Waals surface area contributed by atoms with E-state index in [4.69, 9.17) is 0 Å². The lowest BCUT2D eigenvalue weighted by Gasteiger charge is -2.04. The molecule has 106 valence electrons. The zero-order valence-corrected chi connectivity index (χ0v) is 11.6. The first kappa shape index (κ1) is 12.6. The summed E-state index contributed by atoms with van der Waals surface area (Å²) in [6.07, 6.45) is 1.70. The summed E-state index contributed by atoms with van der Waals surface area (Å²) in [6, 6.07) is 16.6. The Balaban J connectivity index is 1.87. The number of carbonyl (C=O) groups is 1. The predicted molar refractivity (Wildman–Crippen MR) is 85.2 cm³/mol. The van der Waals surface area contributed by atoms with Crippen molar-refractivity contribution in [2.24, 2.45) is 0 Å². The highest BCUT2D eigenvalue weighted by molar-refractivity contribution is 6.11. The van der Waals surface area contributed by atoms with Crippen LogP contribution < -0.4 is 5.32 Å². The monoisotopic (exact) mass is 288 g/mol. The lowest BCUT2D eigenvalue weighted by Crippen LogP contribution is -2.12. The van der Waals surface area contributed by atoms with Crippen LogP contribution in [-0.2, 0) is 0 Å². The van der Waals surface area contributed by atoms with E-state index in [1.54, 1.807) is 18.2 Å². The van der Waals surface area contributed by atoms with Gasteiger partial charge >= 0.3 is 0 Å². The fraction of sp³-hybridized carbons (Fsp3) is 0. The number of fused-ring (bicyclic) bond motifs is 2. The Morgan fingerprint density at radius 3 is 2.59 bits per heavy atom. The second kappa shape index (κ2) is 4.70. The molecule has 0 fully saturated rings. The molecule has 0 bridgehead atoms. The molecule has 4 rings (SSSR count).